The van der Waals surface area contributed by atoms with Crippen LogP contribution in [0.2, 0.25) is 0 Å². The summed E-state index contributed by atoms with van der Waals surface area (Å²) in [6, 6.07) is 14.8. The van der Waals surface area contributed by atoms with E-state index in [9.17, 15) is 9.59 Å². The maximum absolute atomic E-state index is 12.5. The van der Waals surface area contributed by atoms with Crippen LogP contribution in [0.15, 0.2) is 42.5 Å². The van der Waals surface area contributed by atoms with Gasteiger partial charge < -0.3 is 4.74 Å². The minimum absolute atomic E-state index is 0.0383. The highest BCUT2D eigenvalue weighted by molar-refractivity contribution is 6.00. The predicted octanol–water partition coefficient (Wildman–Crippen LogP) is 3.89. The van der Waals surface area contributed by atoms with Crippen molar-refractivity contribution < 1.29 is 14.3 Å². The summed E-state index contributed by atoms with van der Waals surface area (Å²) in [5.41, 5.74) is 6.03. The van der Waals surface area contributed by atoms with Crippen LogP contribution in [0.5, 0.6) is 0 Å². The highest BCUT2D eigenvalue weighted by Gasteiger charge is 2.60. The van der Waals surface area contributed by atoms with Gasteiger partial charge in [0.15, 0.2) is 0 Å². The number of carbonyl (C=O) groups excluding carboxylic acids is 2. The van der Waals surface area contributed by atoms with E-state index in [4.69, 9.17) is 4.74 Å². The van der Waals surface area contributed by atoms with Crippen molar-refractivity contribution in [2.75, 3.05) is 0 Å². The van der Waals surface area contributed by atoms with E-state index in [1.807, 2.05) is 12.1 Å². The Morgan fingerprint density at radius 2 is 1.28 bits per heavy atom. The Balaban J connectivity index is 1.81. The molecule has 126 valence electrons. The molecule has 0 saturated carbocycles. The number of cyclic esters (lactones) is 2. The van der Waals surface area contributed by atoms with Gasteiger partial charge in [0.05, 0.1) is 11.8 Å². The van der Waals surface area contributed by atoms with Gasteiger partial charge in [0.1, 0.15) is 0 Å². The third-order valence-corrected chi connectivity index (χ3v) is 6.14. The summed E-state index contributed by atoms with van der Waals surface area (Å²) in [5.74, 6) is -1.62. The average molecular weight is 332 g/mol. The van der Waals surface area contributed by atoms with Gasteiger partial charge in [-0.2, -0.15) is 0 Å². The molecule has 3 aliphatic carbocycles. The lowest BCUT2D eigenvalue weighted by Crippen LogP contribution is -2.41. The molecule has 6 rings (SSSR count). The second-order valence-electron chi connectivity index (χ2n) is 8.47. The first-order chi connectivity index (χ1) is 11.9. The highest BCUT2D eigenvalue weighted by atomic mass is 16.6. The molecule has 1 heterocycles. The van der Waals surface area contributed by atoms with Gasteiger partial charge in [0.25, 0.3) is 0 Å². The number of ether oxygens (including phenoxy) is 1. The molecule has 0 unspecified atom stereocenters. The summed E-state index contributed by atoms with van der Waals surface area (Å²) in [7, 11) is 0. The lowest BCUT2D eigenvalue weighted by Gasteiger charge is -2.45. The van der Waals surface area contributed by atoms with Crippen LogP contribution in [0.1, 0.15) is 60.4 Å². The summed E-state index contributed by atoms with van der Waals surface area (Å²) in [6.07, 6.45) is 0. The molecule has 0 N–H and O–H groups in total. The second kappa shape index (κ2) is 4.60. The fourth-order valence-electron chi connectivity index (χ4n) is 5.00. The summed E-state index contributed by atoms with van der Waals surface area (Å²) >= 11 is 0. The molecule has 25 heavy (non-hydrogen) atoms. The van der Waals surface area contributed by atoms with Gasteiger partial charge in [0, 0.05) is 11.8 Å². The molecule has 2 aromatic carbocycles. The van der Waals surface area contributed by atoms with Gasteiger partial charge >= 0.3 is 11.9 Å². The second-order valence-corrected chi connectivity index (χ2v) is 8.47. The average Bonchev–Trinajstić information content (AvgIpc) is 2.89. The molecule has 3 heteroatoms. The Morgan fingerprint density at radius 3 is 1.84 bits per heavy atom. The predicted molar refractivity (Wildman–Crippen MR) is 93.3 cm³/mol. The number of esters is 2. The zero-order valence-electron chi connectivity index (χ0n) is 14.6. The molecular weight excluding hydrogens is 312 g/mol. The van der Waals surface area contributed by atoms with Crippen molar-refractivity contribution in [2.24, 2.45) is 11.8 Å². The summed E-state index contributed by atoms with van der Waals surface area (Å²) in [4.78, 5) is 24.9. The Labute approximate surface area is 147 Å². The summed E-state index contributed by atoms with van der Waals surface area (Å²) in [5, 5.41) is 0. The van der Waals surface area contributed by atoms with Crippen molar-refractivity contribution in [1.82, 2.24) is 0 Å². The number of carbonyl (C=O) groups is 2. The van der Waals surface area contributed by atoms with Crippen LogP contribution in [0.25, 0.3) is 0 Å². The zero-order chi connectivity index (χ0) is 17.5. The van der Waals surface area contributed by atoms with E-state index in [-0.39, 0.29) is 41.0 Å². The van der Waals surface area contributed by atoms with Crippen molar-refractivity contribution in [3.8, 4) is 0 Å². The molecule has 4 atom stereocenters. The Morgan fingerprint density at radius 1 is 0.760 bits per heavy atom. The molecule has 0 spiro atoms. The summed E-state index contributed by atoms with van der Waals surface area (Å²) in [6.45, 7) is 6.58. The van der Waals surface area contributed by atoms with E-state index < -0.39 is 0 Å². The molecule has 2 bridgehead atoms. The summed E-state index contributed by atoms with van der Waals surface area (Å²) < 4.78 is 5.07. The fraction of sp³-hybridized carbons (Fsp3) is 0.364. The molecule has 4 aliphatic rings. The lowest BCUT2D eigenvalue weighted by molar-refractivity contribution is -0.153. The normalized spacial score (nSPS) is 29.1. The minimum Gasteiger partial charge on any atom is -0.393 e. The zero-order valence-corrected chi connectivity index (χ0v) is 14.6. The van der Waals surface area contributed by atoms with Gasteiger partial charge in [0.2, 0.25) is 0 Å². The first-order valence-electron chi connectivity index (χ1n) is 8.86. The molecule has 0 radical (unpaired) electrons. The van der Waals surface area contributed by atoms with Crippen molar-refractivity contribution in [1.29, 1.82) is 0 Å². The molecule has 3 nitrogen and oxygen atoms in total. The Hall–Kier alpha value is -2.42. The van der Waals surface area contributed by atoms with E-state index in [0.29, 0.717) is 0 Å². The van der Waals surface area contributed by atoms with Gasteiger partial charge in [-0.3, -0.25) is 9.59 Å². The number of hydrogen-bond acceptors (Lipinski definition) is 3. The Bertz CT molecular complexity index is 935. The van der Waals surface area contributed by atoms with Crippen LogP contribution < -0.4 is 0 Å². The Kier molecular flexibility index (Phi) is 2.74. The third kappa shape index (κ3) is 1.81. The van der Waals surface area contributed by atoms with E-state index in [1.54, 1.807) is 0 Å². The van der Waals surface area contributed by atoms with E-state index in [1.165, 1.54) is 27.8 Å². The van der Waals surface area contributed by atoms with Crippen LogP contribution in [-0.2, 0) is 19.7 Å². The lowest BCUT2D eigenvalue weighted by atomic mass is 9.54. The molecule has 0 amide bonds. The quantitative estimate of drug-likeness (QED) is 0.543. The topological polar surface area (TPSA) is 43.4 Å². The van der Waals surface area contributed by atoms with Gasteiger partial charge in [-0.25, -0.2) is 0 Å². The molecule has 1 aliphatic heterocycles. The van der Waals surface area contributed by atoms with Gasteiger partial charge in [-0.15, -0.1) is 0 Å². The van der Waals surface area contributed by atoms with Crippen LogP contribution in [-0.4, -0.2) is 11.9 Å². The monoisotopic (exact) mass is 332 g/mol. The highest BCUT2D eigenvalue weighted by Crippen LogP contribution is 2.60. The molecule has 1 saturated heterocycles. The van der Waals surface area contributed by atoms with Gasteiger partial charge in [-0.1, -0.05) is 63.2 Å². The standard InChI is InChI=1S/C22H20O3/c1-22(2,3)11-8-9-14-15(10-11)17-13-7-5-4-6-12(13)16(14)18-19(17)21(24)25-20(18)23/h4-10,16-19H,1-3H3/t16-,17-,18-,19+/m0/s1. The van der Waals surface area contributed by atoms with Crippen LogP contribution in [0.3, 0.4) is 0 Å². The van der Waals surface area contributed by atoms with Crippen molar-refractivity contribution >= 4 is 11.9 Å². The minimum atomic E-state index is -0.380. The third-order valence-electron chi connectivity index (χ3n) is 6.14. The van der Waals surface area contributed by atoms with Crippen molar-refractivity contribution in [3.63, 3.8) is 0 Å². The first kappa shape index (κ1) is 14.9. The SMILES string of the molecule is CC(C)(C)c1ccc2c(c1)[C@@H]1c3ccccc3[C@@H]2[C@@H]2C(=O)OC(=O)[C@H]12. The molecule has 1 fully saturated rings. The van der Waals surface area contributed by atoms with Crippen LogP contribution in [0.4, 0.5) is 0 Å². The van der Waals surface area contributed by atoms with Crippen LogP contribution >= 0.6 is 0 Å². The van der Waals surface area contributed by atoms with Crippen molar-refractivity contribution in [2.45, 2.75) is 38.0 Å². The number of hydrogen-bond donors (Lipinski definition) is 0. The molecule has 2 aromatic rings. The largest absolute Gasteiger partial charge is 0.393 e. The van der Waals surface area contributed by atoms with Gasteiger partial charge in [-0.05, 0) is 33.2 Å². The van der Waals surface area contributed by atoms with E-state index in [0.717, 1.165) is 0 Å². The number of rotatable bonds is 0. The molecular formula is C22H20O3. The number of benzene rings is 2. The first-order valence-corrected chi connectivity index (χ1v) is 8.86. The van der Waals surface area contributed by atoms with Crippen molar-refractivity contribution in [3.05, 3.63) is 70.3 Å². The smallest absolute Gasteiger partial charge is 0.318 e. The fourth-order valence-corrected chi connectivity index (χ4v) is 5.00. The van der Waals surface area contributed by atoms with E-state index in [2.05, 4.69) is 51.1 Å². The van der Waals surface area contributed by atoms with E-state index >= 15 is 0 Å². The van der Waals surface area contributed by atoms with Crippen LogP contribution in [0, 0.1) is 11.8 Å². The maximum Gasteiger partial charge on any atom is 0.318 e. The molecule has 0 aromatic heterocycles. The maximum atomic E-state index is 12.5.